The average Bonchev–Trinajstić information content (AvgIpc) is 3.01. The van der Waals surface area contributed by atoms with Crippen molar-refractivity contribution in [2.24, 2.45) is 0 Å². The molecule has 0 aliphatic carbocycles. The van der Waals surface area contributed by atoms with Crippen molar-refractivity contribution in [1.29, 1.82) is 0 Å². The Labute approximate surface area is 150 Å². The van der Waals surface area contributed by atoms with E-state index in [0.717, 1.165) is 16.8 Å². The molecule has 1 aromatic heterocycles. The molecule has 0 unspecified atom stereocenters. The molecule has 0 bridgehead atoms. The van der Waals surface area contributed by atoms with Crippen LogP contribution in [0.1, 0.15) is 5.56 Å². The zero-order valence-corrected chi connectivity index (χ0v) is 14.3. The molecule has 5 nitrogen and oxygen atoms in total. The van der Waals surface area contributed by atoms with Gasteiger partial charge in [-0.05, 0) is 30.3 Å². The van der Waals surface area contributed by atoms with E-state index < -0.39 is 24.3 Å². The van der Waals surface area contributed by atoms with Crippen molar-refractivity contribution in [2.75, 3.05) is 19.0 Å². The number of amides is 1. The molecule has 0 atom stereocenters. The van der Waals surface area contributed by atoms with Gasteiger partial charge in [0.05, 0.1) is 17.4 Å². The van der Waals surface area contributed by atoms with E-state index in [4.69, 9.17) is 9.47 Å². The van der Waals surface area contributed by atoms with Crippen LogP contribution < -0.4 is 14.8 Å². The van der Waals surface area contributed by atoms with E-state index in [2.05, 4.69) is 10.3 Å². The van der Waals surface area contributed by atoms with E-state index >= 15 is 0 Å². The van der Waals surface area contributed by atoms with Crippen molar-refractivity contribution in [1.82, 2.24) is 4.98 Å². The standard InChI is InChI=1S/C17H13F3N2O3S/c1-24-12-6-3-7-13-15(12)22-16(26-13)21-14(23)9-25-11-5-2-4-10(8-11)17(18,19)20/h2-8H,9H2,1H3,(H,21,22,23). The normalized spacial score (nSPS) is 11.4. The second-order valence-electron chi connectivity index (χ2n) is 5.19. The summed E-state index contributed by atoms with van der Waals surface area (Å²) in [6, 6.07) is 9.74. The fourth-order valence-electron chi connectivity index (χ4n) is 2.21. The van der Waals surface area contributed by atoms with Gasteiger partial charge in [-0.1, -0.05) is 23.5 Å². The van der Waals surface area contributed by atoms with Gasteiger partial charge < -0.3 is 9.47 Å². The minimum absolute atomic E-state index is 0.0408. The second-order valence-corrected chi connectivity index (χ2v) is 6.22. The van der Waals surface area contributed by atoms with E-state index in [1.54, 1.807) is 6.07 Å². The van der Waals surface area contributed by atoms with Crippen LogP contribution in [0.15, 0.2) is 42.5 Å². The third kappa shape index (κ3) is 4.05. The van der Waals surface area contributed by atoms with Crippen LogP contribution in [0.4, 0.5) is 18.3 Å². The van der Waals surface area contributed by atoms with Gasteiger partial charge in [-0.3, -0.25) is 10.1 Å². The average molecular weight is 382 g/mol. The van der Waals surface area contributed by atoms with Gasteiger partial charge in [-0.2, -0.15) is 13.2 Å². The first-order chi connectivity index (χ1) is 12.4. The molecular weight excluding hydrogens is 369 g/mol. The van der Waals surface area contributed by atoms with Crippen LogP contribution in [0.3, 0.4) is 0 Å². The number of halogens is 3. The Morgan fingerprint density at radius 3 is 2.73 bits per heavy atom. The zero-order chi connectivity index (χ0) is 18.7. The maximum atomic E-state index is 12.7. The number of para-hydroxylation sites is 1. The summed E-state index contributed by atoms with van der Waals surface area (Å²) in [6.07, 6.45) is -4.47. The number of benzene rings is 2. The Balaban J connectivity index is 1.65. The first-order valence-electron chi connectivity index (χ1n) is 7.40. The lowest BCUT2D eigenvalue weighted by molar-refractivity contribution is -0.137. The molecule has 0 aliphatic heterocycles. The summed E-state index contributed by atoms with van der Waals surface area (Å²) >= 11 is 1.26. The molecule has 0 saturated carbocycles. The smallest absolute Gasteiger partial charge is 0.416 e. The number of hydrogen-bond donors (Lipinski definition) is 1. The SMILES string of the molecule is COc1cccc2sc(NC(=O)COc3cccc(C(F)(F)F)c3)nc12. The Hall–Kier alpha value is -2.81. The first-order valence-corrected chi connectivity index (χ1v) is 8.22. The maximum absolute atomic E-state index is 12.7. The Kier molecular flexibility index (Phi) is 4.99. The minimum atomic E-state index is -4.47. The van der Waals surface area contributed by atoms with Gasteiger partial charge in [0.25, 0.3) is 5.91 Å². The lowest BCUT2D eigenvalue weighted by Gasteiger charge is -2.09. The van der Waals surface area contributed by atoms with Crippen molar-refractivity contribution >= 4 is 32.6 Å². The molecule has 0 saturated heterocycles. The molecule has 1 N–H and O–H groups in total. The van der Waals surface area contributed by atoms with E-state index in [1.807, 2.05) is 12.1 Å². The lowest BCUT2D eigenvalue weighted by Crippen LogP contribution is -2.20. The molecule has 1 heterocycles. The highest BCUT2D eigenvalue weighted by Crippen LogP contribution is 2.32. The fourth-order valence-corrected chi connectivity index (χ4v) is 3.11. The maximum Gasteiger partial charge on any atom is 0.416 e. The van der Waals surface area contributed by atoms with Crippen LogP contribution in [0.25, 0.3) is 10.2 Å². The Bertz CT molecular complexity index is 940. The van der Waals surface area contributed by atoms with Crippen LogP contribution in [0.2, 0.25) is 0 Å². The predicted molar refractivity (Wildman–Crippen MR) is 91.7 cm³/mol. The number of rotatable bonds is 5. The van der Waals surface area contributed by atoms with Gasteiger partial charge in [0.2, 0.25) is 0 Å². The molecule has 0 fully saturated rings. The zero-order valence-electron chi connectivity index (χ0n) is 13.5. The first kappa shape index (κ1) is 18.0. The molecule has 3 aromatic rings. The van der Waals surface area contributed by atoms with Gasteiger partial charge in [0, 0.05) is 0 Å². The lowest BCUT2D eigenvalue weighted by atomic mass is 10.2. The predicted octanol–water partition coefficient (Wildman–Crippen LogP) is 4.34. The summed E-state index contributed by atoms with van der Waals surface area (Å²) in [6.45, 7) is -0.436. The minimum Gasteiger partial charge on any atom is -0.494 e. The van der Waals surface area contributed by atoms with Crippen LogP contribution >= 0.6 is 11.3 Å². The van der Waals surface area contributed by atoms with Gasteiger partial charge in [0.1, 0.15) is 17.0 Å². The van der Waals surface area contributed by atoms with Crippen molar-refractivity contribution in [3.63, 3.8) is 0 Å². The van der Waals surface area contributed by atoms with Gasteiger partial charge in [-0.15, -0.1) is 0 Å². The Morgan fingerprint density at radius 2 is 2.00 bits per heavy atom. The monoisotopic (exact) mass is 382 g/mol. The number of carbonyl (C=O) groups is 1. The topological polar surface area (TPSA) is 60.5 Å². The van der Waals surface area contributed by atoms with Crippen LogP contribution in [0.5, 0.6) is 11.5 Å². The molecule has 0 spiro atoms. The van der Waals surface area contributed by atoms with Gasteiger partial charge >= 0.3 is 6.18 Å². The van der Waals surface area contributed by atoms with Crippen LogP contribution in [0, 0.1) is 0 Å². The van der Waals surface area contributed by atoms with E-state index in [9.17, 15) is 18.0 Å². The number of methoxy groups -OCH3 is 1. The number of hydrogen-bond acceptors (Lipinski definition) is 5. The largest absolute Gasteiger partial charge is 0.494 e. The molecule has 2 aromatic carbocycles. The van der Waals surface area contributed by atoms with Crippen LogP contribution in [-0.2, 0) is 11.0 Å². The summed E-state index contributed by atoms with van der Waals surface area (Å²) in [7, 11) is 1.52. The highest BCUT2D eigenvalue weighted by atomic mass is 32.1. The molecule has 0 aliphatic rings. The van der Waals surface area contributed by atoms with Crippen molar-refractivity contribution in [2.45, 2.75) is 6.18 Å². The van der Waals surface area contributed by atoms with Crippen molar-refractivity contribution in [3.05, 3.63) is 48.0 Å². The molecule has 0 radical (unpaired) electrons. The fraction of sp³-hybridized carbons (Fsp3) is 0.176. The molecular formula is C17H13F3N2O3S. The summed E-state index contributed by atoms with van der Waals surface area (Å²) in [5.74, 6) is 0.0147. The molecule has 1 amide bonds. The number of thiazole rings is 1. The van der Waals surface area contributed by atoms with Gasteiger partial charge in [0.15, 0.2) is 11.7 Å². The number of carbonyl (C=O) groups excluding carboxylic acids is 1. The summed E-state index contributed by atoms with van der Waals surface area (Å²) in [5, 5.41) is 2.91. The number of aromatic nitrogens is 1. The number of nitrogens with zero attached hydrogens (tertiary/aromatic N) is 1. The molecule has 3 rings (SSSR count). The third-order valence-corrected chi connectivity index (χ3v) is 4.32. The summed E-state index contributed by atoms with van der Waals surface area (Å²) in [5.41, 5.74) is -0.220. The number of anilines is 1. The number of nitrogens with one attached hydrogen (secondary N) is 1. The number of alkyl halides is 3. The molecule has 26 heavy (non-hydrogen) atoms. The molecule has 9 heteroatoms. The third-order valence-electron chi connectivity index (χ3n) is 3.38. The highest BCUT2D eigenvalue weighted by Gasteiger charge is 2.30. The Morgan fingerprint density at radius 1 is 1.23 bits per heavy atom. The highest BCUT2D eigenvalue weighted by molar-refractivity contribution is 7.22. The number of fused-ring (bicyclic) bond motifs is 1. The second kappa shape index (κ2) is 7.20. The molecule has 136 valence electrons. The van der Waals surface area contributed by atoms with Crippen molar-refractivity contribution in [3.8, 4) is 11.5 Å². The van der Waals surface area contributed by atoms with E-state index in [1.165, 1.54) is 30.6 Å². The van der Waals surface area contributed by atoms with E-state index in [-0.39, 0.29) is 5.75 Å². The van der Waals surface area contributed by atoms with Crippen LogP contribution in [-0.4, -0.2) is 24.6 Å². The quantitative estimate of drug-likeness (QED) is 0.713. The summed E-state index contributed by atoms with van der Waals surface area (Å²) in [4.78, 5) is 16.3. The van der Waals surface area contributed by atoms with Gasteiger partial charge in [-0.25, -0.2) is 4.98 Å². The van der Waals surface area contributed by atoms with E-state index in [0.29, 0.717) is 16.4 Å². The van der Waals surface area contributed by atoms with Crippen molar-refractivity contribution < 1.29 is 27.4 Å². The number of ether oxygens (including phenoxy) is 2. The summed E-state index contributed by atoms with van der Waals surface area (Å²) < 4.78 is 49.2.